The molecule has 4 heteroatoms. The zero-order valence-corrected chi connectivity index (χ0v) is 8.26. The van der Waals surface area contributed by atoms with Gasteiger partial charge < -0.3 is 9.94 Å². The van der Waals surface area contributed by atoms with Crippen molar-refractivity contribution in [2.24, 2.45) is 5.16 Å². The SMILES string of the molecule is N#CCCCO/N=C/c1ccccc1O. The summed E-state index contributed by atoms with van der Waals surface area (Å²) in [7, 11) is 0. The van der Waals surface area contributed by atoms with E-state index in [4.69, 9.17) is 10.1 Å². The summed E-state index contributed by atoms with van der Waals surface area (Å²) in [5, 5.41) is 21.3. The third kappa shape index (κ3) is 4.14. The van der Waals surface area contributed by atoms with E-state index in [1.165, 1.54) is 6.21 Å². The quantitative estimate of drug-likeness (QED) is 0.453. The highest BCUT2D eigenvalue weighted by molar-refractivity contribution is 5.82. The molecule has 1 aromatic rings. The third-order valence-corrected chi connectivity index (χ3v) is 1.73. The molecule has 0 heterocycles. The minimum absolute atomic E-state index is 0.168. The van der Waals surface area contributed by atoms with Crippen LogP contribution < -0.4 is 0 Å². The number of hydrogen-bond acceptors (Lipinski definition) is 4. The number of nitrogens with zero attached hydrogens (tertiary/aromatic N) is 2. The van der Waals surface area contributed by atoms with Crippen LogP contribution in [0.25, 0.3) is 0 Å². The Labute approximate surface area is 88.4 Å². The van der Waals surface area contributed by atoms with E-state index in [2.05, 4.69) is 5.16 Å². The fraction of sp³-hybridized carbons (Fsp3) is 0.273. The smallest absolute Gasteiger partial charge is 0.124 e. The molecule has 0 aromatic heterocycles. The number of para-hydroxylation sites is 1. The molecule has 1 rings (SSSR count). The fourth-order valence-electron chi connectivity index (χ4n) is 0.959. The molecule has 15 heavy (non-hydrogen) atoms. The maximum atomic E-state index is 9.36. The number of phenolic OH excluding ortho intramolecular Hbond substituents is 1. The molecular formula is C11H12N2O2. The van der Waals surface area contributed by atoms with E-state index >= 15 is 0 Å². The summed E-state index contributed by atoms with van der Waals surface area (Å²) in [4.78, 5) is 4.90. The second kappa shape index (κ2) is 6.44. The molecule has 0 saturated carbocycles. The average Bonchev–Trinajstić information content (AvgIpc) is 2.25. The Balaban J connectivity index is 2.33. The van der Waals surface area contributed by atoms with Crippen molar-refractivity contribution in [3.63, 3.8) is 0 Å². The number of nitriles is 1. The molecule has 4 nitrogen and oxygen atoms in total. The molecule has 0 radical (unpaired) electrons. The van der Waals surface area contributed by atoms with Crippen LogP contribution in [-0.4, -0.2) is 17.9 Å². The van der Waals surface area contributed by atoms with Gasteiger partial charge in [-0.2, -0.15) is 5.26 Å². The van der Waals surface area contributed by atoms with E-state index in [0.29, 0.717) is 25.0 Å². The van der Waals surface area contributed by atoms with Crippen molar-refractivity contribution in [2.45, 2.75) is 12.8 Å². The molecular weight excluding hydrogens is 192 g/mol. The Hall–Kier alpha value is -2.02. The van der Waals surface area contributed by atoms with Gasteiger partial charge in [0.25, 0.3) is 0 Å². The first-order valence-corrected chi connectivity index (χ1v) is 4.65. The van der Waals surface area contributed by atoms with Gasteiger partial charge in [0.2, 0.25) is 0 Å². The maximum absolute atomic E-state index is 9.36. The normalized spacial score (nSPS) is 10.1. The fourth-order valence-corrected chi connectivity index (χ4v) is 0.959. The summed E-state index contributed by atoms with van der Waals surface area (Å²) in [5.74, 6) is 0.168. The summed E-state index contributed by atoms with van der Waals surface area (Å²) < 4.78 is 0. The number of hydrogen-bond donors (Lipinski definition) is 1. The van der Waals surface area contributed by atoms with E-state index in [1.54, 1.807) is 24.3 Å². The molecule has 0 atom stereocenters. The van der Waals surface area contributed by atoms with Crippen molar-refractivity contribution in [3.8, 4) is 11.8 Å². The topological polar surface area (TPSA) is 65.6 Å². The van der Waals surface area contributed by atoms with Crippen molar-refractivity contribution in [3.05, 3.63) is 29.8 Å². The molecule has 0 aliphatic rings. The molecule has 0 aliphatic carbocycles. The second-order valence-electron chi connectivity index (χ2n) is 2.89. The van der Waals surface area contributed by atoms with Gasteiger partial charge in [-0.3, -0.25) is 0 Å². The molecule has 0 aliphatic heterocycles. The predicted octanol–water partition coefficient (Wildman–Crippen LogP) is 2.05. The predicted molar refractivity (Wildman–Crippen MR) is 56.5 cm³/mol. The third-order valence-electron chi connectivity index (χ3n) is 1.73. The van der Waals surface area contributed by atoms with Gasteiger partial charge >= 0.3 is 0 Å². The lowest BCUT2D eigenvalue weighted by Gasteiger charge is -1.97. The Morgan fingerprint density at radius 1 is 1.47 bits per heavy atom. The monoisotopic (exact) mass is 204 g/mol. The van der Waals surface area contributed by atoms with Crippen LogP contribution in [0, 0.1) is 11.3 Å². The summed E-state index contributed by atoms with van der Waals surface area (Å²) in [5.41, 5.74) is 0.609. The molecule has 0 amide bonds. The van der Waals surface area contributed by atoms with E-state index < -0.39 is 0 Å². The Morgan fingerprint density at radius 2 is 2.27 bits per heavy atom. The van der Waals surface area contributed by atoms with Gasteiger partial charge in [-0.15, -0.1) is 0 Å². The minimum atomic E-state index is 0.168. The molecule has 78 valence electrons. The number of oxime groups is 1. The van der Waals surface area contributed by atoms with E-state index in [-0.39, 0.29) is 5.75 Å². The van der Waals surface area contributed by atoms with E-state index in [9.17, 15) is 5.11 Å². The lowest BCUT2D eigenvalue weighted by atomic mass is 10.2. The molecule has 0 unspecified atom stereocenters. The zero-order chi connectivity index (χ0) is 10.9. The van der Waals surface area contributed by atoms with Crippen LogP contribution in [0.5, 0.6) is 5.75 Å². The highest BCUT2D eigenvalue weighted by atomic mass is 16.6. The molecule has 0 fully saturated rings. The number of phenols is 1. The van der Waals surface area contributed by atoms with Crippen molar-refractivity contribution in [2.75, 3.05) is 6.61 Å². The van der Waals surface area contributed by atoms with Crippen LogP contribution >= 0.6 is 0 Å². The van der Waals surface area contributed by atoms with E-state index in [1.807, 2.05) is 6.07 Å². The number of benzene rings is 1. The summed E-state index contributed by atoms with van der Waals surface area (Å²) in [6, 6.07) is 8.87. The van der Waals surface area contributed by atoms with Crippen molar-refractivity contribution in [1.29, 1.82) is 5.26 Å². The molecule has 1 aromatic carbocycles. The van der Waals surface area contributed by atoms with Gasteiger partial charge in [0.1, 0.15) is 12.4 Å². The first kappa shape index (κ1) is 11.1. The first-order chi connectivity index (χ1) is 7.34. The molecule has 1 N–H and O–H groups in total. The first-order valence-electron chi connectivity index (χ1n) is 4.65. The van der Waals surface area contributed by atoms with Gasteiger partial charge in [0.15, 0.2) is 0 Å². The summed E-state index contributed by atoms with van der Waals surface area (Å²) >= 11 is 0. The maximum Gasteiger partial charge on any atom is 0.124 e. The lowest BCUT2D eigenvalue weighted by Crippen LogP contribution is -1.88. The van der Waals surface area contributed by atoms with Gasteiger partial charge in [0, 0.05) is 12.0 Å². The molecule has 0 bridgehead atoms. The van der Waals surface area contributed by atoms with Gasteiger partial charge in [-0.1, -0.05) is 17.3 Å². The van der Waals surface area contributed by atoms with Gasteiger partial charge in [0.05, 0.1) is 12.3 Å². The summed E-state index contributed by atoms with van der Waals surface area (Å²) in [6.45, 7) is 0.414. The largest absolute Gasteiger partial charge is 0.507 e. The molecule has 0 spiro atoms. The van der Waals surface area contributed by atoms with Crippen LogP contribution in [0.2, 0.25) is 0 Å². The highest BCUT2D eigenvalue weighted by Gasteiger charge is 1.94. The van der Waals surface area contributed by atoms with Crippen LogP contribution in [-0.2, 0) is 4.84 Å². The Kier molecular flexibility index (Phi) is 4.74. The summed E-state index contributed by atoms with van der Waals surface area (Å²) in [6.07, 6.45) is 2.57. The van der Waals surface area contributed by atoms with Crippen LogP contribution in [0.4, 0.5) is 0 Å². The minimum Gasteiger partial charge on any atom is -0.507 e. The van der Waals surface area contributed by atoms with Crippen molar-refractivity contribution < 1.29 is 9.94 Å². The van der Waals surface area contributed by atoms with E-state index in [0.717, 1.165) is 0 Å². The van der Waals surface area contributed by atoms with Gasteiger partial charge in [-0.05, 0) is 18.6 Å². The zero-order valence-electron chi connectivity index (χ0n) is 8.26. The number of unbranched alkanes of at least 4 members (excludes halogenated alkanes) is 1. The van der Waals surface area contributed by atoms with Gasteiger partial charge in [-0.25, -0.2) is 0 Å². The second-order valence-corrected chi connectivity index (χ2v) is 2.89. The van der Waals surface area contributed by atoms with Crippen LogP contribution in [0.3, 0.4) is 0 Å². The highest BCUT2D eigenvalue weighted by Crippen LogP contribution is 2.12. The van der Waals surface area contributed by atoms with Crippen LogP contribution in [0.15, 0.2) is 29.4 Å². The molecule has 0 saturated heterocycles. The van der Waals surface area contributed by atoms with Crippen molar-refractivity contribution >= 4 is 6.21 Å². The average molecular weight is 204 g/mol. The van der Waals surface area contributed by atoms with Crippen LogP contribution in [0.1, 0.15) is 18.4 Å². The standard InChI is InChI=1S/C11H12N2O2/c12-7-3-4-8-15-13-9-10-5-1-2-6-11(10)14/h1-2,5-6,9,14H,3-4,8H2/b13-9+. The Bertz CT molecular complexity index is 369. The number of aromatic hydroxyl groups is 1. The number of rotatable bonds is 5. The van der Waals surface area contributed by atoms with Crippen molar-refractivity contribution in [1.82, 2.24) is 0 Å². The lowest BCUT2D eigenvalue weighted by molar-refractivity contribution is 0.144. The Morgan fingerprint density at radius 3 is 3.00 bits per heavy atom.